The van der Waals surface area contributed by atoms with Crippen molar-refractivity contribution in [2.45, 2.75) is 36.0 Å². The Morgan fingerprint density at radius 2 is 2.18 bits per heavy atom. The Morgan fingerprint density at radius 1 is 1.43 bits per heavy atom. The number of carbonyl (C=O) groups excluding carboxylic acids is 2. The maximum absolute atomic E-state index is 12.4. The number of nitrogens with zero attached hydrogens (tertiary/aromatic N) is 2. The third-order valence-corrected chi connectivity index (χ3v) is 7.38. The van der Waals surface area contributed by atoms with Gasteiger partial charge < -0.3 is 25.3 Å². The van der Waals surface area contributed by atoms with E-state index in [0.717, 1.165) is 5.71 Å². The molecule has 2 fully saturated rings. The van der Waals surface area contributed by atoms with Crippen molar-refractivity contribution in [2.75, 3.05) is 13.1 Å². The normalized spacial score (nSPS) is 28.5. The molecule has 0 radical (unpaired) electrons. The molecule has 1 unspecified atom stereocenters. The number of oxime groups is 1. The van der Waals surface area contributed by atoms with E-state index in [2.05, 4.69) is 10.5 Å². The molecule has 3 atom stereocenters. The van der Waals surface area contributed by atoms with Crippen LogP contribution < -0.4 is 5.32 Å². The van der Waals surface area contributed by atoms with Crippen LogP contribution in [0.2, 0.25) is 10.0 Å². The van der Waals surface area contributed by atoms with Gasteiger partial charge in [-0.3, -0.25) is 9.59 Å². The highest BCUT2D eigenvalue weighted by atomic mass is 35.5. The molecule has 0 saturated carbocycles. The number of phenolic OH excluding ortho intramolecular Hbond substituents is 2. The first-order valence-corrected chi connectivity index (χ1v) is 10.2. The molecule has 28 heavy (non-hydrogen) atoms. The van der Waals surface area contributed by atoms with Crippen molar-refractivity contribution in [1.29, 1.82) is 0 Å². The lowest BCUT2D eigenvalue weighted by Crippen LogP contribution is -2.48. The molecule has 2 amide bonds. The second-order valence-corrected chi connectivity index (χ2v) is 9.59. The smallest absolute Gasteiger partial charge is 0.253 e. The SMILES string of the molecule is C[C@]1(C2=NOC(CNC(=O)c3cc(Cl)c(O)c(O)c3Cl)C2)CN2C(=O)C[C@H]2S1. The van der Waals surface area contributed by atoms with Crippen LogP contribution in [0.3, 0.4) is 0 Å². The van der Waals surface area contributed by atoms with Gasteiger partial charge in [-0.15, -0.1) is 11.8 Å². The molecule has 11 heteroatoms. The van der Waals surface area contributed by atoms with Gasteiger partial charge in [-0.05, 0) is 13.0 Å². The van der Waals surface area contributed by atoms with E-state index in [4.69, 9.17) is 28.0 Å². The first-order valence-electron chi connectivity index (χ1n) is 8.58. The molecule has 0 spiro atoms. The summed E-state index contributed by atoms with van der Waals surface area (Å²) in [6, 6.07) is 1.18. The quantitative estimate of drug-likeness (QED) is 0.484. The average molecular weight is 446 g/mol. The molecule has 8 nitrogen and oxygen atoms in total. The third kappa shape index (κ3) is 3.15. The lowest BCUT2D eigenvalue weighted by Gasteiger charge is -2.32. The summed E-state index contributed by atoms with van der Waals surface area (Å²) in [5.74, 6) is -1.62. The number of nitrogens with one attached hydrogen (secondary N) is 1. The van der Waals surface area contributed by atoms with Crippen LogP contribution >= 0.6 is 35.0 Å². The molecule has 2 saturated heterocycles. The first kappa shape index (κ1) is 19.5. The highest BCUT2D eigenvalue weighted by Gasteiger charge is 2.53. The van der Waals surface area contributed by atoms with Gasteiger partial charge in [-0.25, -0.2) is 0 Å². The summed E-state index contributed by atoms with van der Waals surface area (Å²) >= 11 is 13.4. The number of hydrogen-bond donors (Lipinski definition) is 3. The van der Waals surface area contributed by atoms with Crippen LogP contribution in [0.1, 0.15) is 30.1 Å². The minimum atomic E-state index is -0.646. The van der Waals surface area contributed by atoms with Crippen molar-refractivity contribution >= 4 is 52.5 Å². The van der Waals surface area contributed by atoms with Crippen molar-refractivity contribution in [3.05, 3.63) is 21.7 Å². The maximum atomic E-state index is 12.4. The Hall–Kier alpha value is -1.84. The number of rotatable bonds is 4. The van der Waals surface area contributed by atoms with Gasteiger partial charge in [0, 0.05) is 13.0 Å². The van der Waals surface area contributed by atoms with Crippen molar-refractivity contribution < 1.29 is 24.6 Å². The van der Waals surface area contributed by atoms with Crippen molar-refractivity contribution in [1.82, 2.24) is 10.2 Å². The largest absolute Gasteiger partial charge is 0.503 e. The number of β-lactam (4-membered cyclic amide) rings is 1. The Kier molecular flexibility index (Phi) is 4.79. The second-order valence-electron chi connectivity index (χ2n) is 7.13. The van der Waals surface area contributed by atoms with Gasteiger partial charge in [-0.1, -0.05) is 28.4 Å². The van der Waals surface area contributed by atoms with Gasteiger partial charge in [-0.2, -0.15) is 0 Å². The summed E-state index contributed by atoms with van der Waals surface area (Å²) in [5.41, 5.74) is 0.810. The predicted molar refractivity (Wildman–Crippen MR) is 105 cm³/mol. The number of carbonyl (C=O) groups is 2. The number of fused-ring (bicyclic) bond motifs is 1. The molecule has 150 valence electrons. The zero-order chi connectivity index (χ0) is 20.2. The number of amides is 2. The van der Waals surface area contributed by atoms with E-state index >= 15 is 0 Å². The van der Waals surface area contributed by atoms with Crippen LogP contribution in [0.25, 0.3) is 0 Å². The molecule has 4 rings (SSSR count). The molecular weight excluding hydrogens is 429 g/mol. The van der Waals surface area contributed by atoms with E-state index in [-0.39, 0.29) is 44.3 Å². The number of phenols is 2. The molecule has 3 aliphatic rings. The van der Waals surface area contributed by atoms with Crippen molar-refractivity contribution in [3.63, 3.8) is 0 Å². The Morgan fingerprint density at radius 3 is 2.86 bits per heavy atom. The van der Waals surface area contributed by atoms with E-state index < -0.39 is 17.4 Å². The van der Waals surface area contributed by atoms with E-state index in [9.17, 15) is 19.8 Å². The molecule has 0 aliphatic carbocycles. The van der Waals surface area contributed by atoms with Crippen LogP contribution in [0.4, 0.5) is 0 Å². The Labute approximate surface area is 174 Å². The molecule has 3 N–H and O–H groups in total. The molecule has 0 aromatic heterocycles. The standard InChI is InChI=1S/C17H17Cl2N3O5S/c1-17(6-22-11(23)4-12(22)28-17)10-2-7(27-21-10)5-20-16(26)8-3-9(18)14(24)15(25)13(8)19/h3,7,12,24-25H,2,4-6H2,1H3,(H,20,26)/t7?,12-,17-/m1/s1. The summed E-state index contributed by atoms with van der Waals surface area (Å²) in [6.07, 6.45) is 0.755. The molecule has 3 aliphatic heterocycles. The minimum Gasteiger partial charge on any atom is -0.503 e. The average Bonchev–Trinajstić information content (AvgIpc) is 3.24. The van der Waals surface area contributed by atoms with Crippen molar-refractivity contribution in [3.8, 4) is 11.5 Å². The predicted octanol–water partition coefficient (Wildman–Crippen LogP) is 2.34. The monoisotopic (exact) mass is 445 g/mol. The highest BCUT2D eigenvalue weighted by Crippen LogP contribution is 2.48. The lowest BCUT2D eigenvalue weighted by molar-refractivity contribution is -0.140. The van der Waals surface area contributed by atoms with Crippen LogP contribution in [0.15, 0.2) is 11.2 Å². The Balaban J connectivity index is 1.35. The van der Waals surface area contributed by atoms with Gasteiger partial charge in [0.15, 0.2) is 11.5 Å². The van der Waals surface area contributed by atoms with E-state index in [1.807, 2.05) is 11.8 Å². The molecular formula is C17H17Cl2N3O5S. The summed E-state index contributed by atoms with van der Waals surface area (Å²) < 4.78 is -0.283. The van der Waals surface area contributed by atoms with Crippen molar-refractivity contribution in [2.24, 2.45) is 5.16 Å². The van der Waals surface area contributed by atoms with Gasteiger partial charge in [0.25, 0.3) is 5.91 Å². The van der Waals surface area contributed by atoms with Crippen LogP contribution in [-0.2, 0) is 9.63 Å². The number of hydrogen-bond acceptors (Lipinski definition) is 7. The molecule has 1 aromatic rings. The van der Waals surface area contributed by atoms with Crippen LogP contribution in [0.5, 0.6) is 11.5 Å². The van der Waals surface area contributed by atoms with E-state index in [1.54, 1.807) is 11.8 Å². The number of aromatic hydroxyl groups is 2. The van der Waals surface area contributed by atoms with Gasteiger partial charge in [0.2, 0.25) is 5.91 Å². The summed E-state index contributed by atoms with van der Waals surface area (Å²) in [5, 5.41) is 25.9. The second kappa shape index (κ2) is 6.89. The molecule has 0 bridgehead atoms. The lowest BCUT2D eigenvalue weighted by atomic mass is 9.98. The van der Waals surface area contributed by atoms with E-state index in [1.165, 1.54) is 6.07 Å². The fourth-order valence-corrected chi connectivity index (χ4v) is 5.51. The minimum absolute atomic E-state index is 0.0534. The zero-order valence-electron chi connectivity index (χ0n) is 14.7. The number of thioether (sulfide) groups is 1. The number of benzene rings is 1. The number of halogens is 2. The first-order chi connectivity index (χ1) is 13.2. The highest BCUT2D eigenvalue weighted by molar-refractivity contribution is 8.02. The fraction of sp³-hybridized carbons (Fsp3) is 0.471. The molecule has 3 heterocycles. The van der Waals surface area contributed by atoms with Gasteiger partial charge in [0.05, 0.1) is 44.4 Å². The topological polar surface area (TPSA) is 111 Å². The van der Waals surface area contributed by atoms with Crippen LogP contribution in [0, 0.1) is 0 Å². The van der Waals surface area contributed by atoms with Crippen LogP contribution in [-0.4, -0.2) is 62.0 Å². The third-order valence-electron chi connectivity index (χ3n) is 5.13. The zero-order valence-corrected chi connectivity index (χ0v) is 17.1. The van der Waals surface area contributed by atoms with E-state index in [0.29, 0.717) is 19.4 Å². The maximum Gasteiger partial charge on any atom is 0.253 e. The van der Waals surface area contributed by atoms with Gasteiger partial charge in [0.1, 0.15) is 6.10 Å². The van der Waals surface area contributed by atoms with Gasteiger partial charge >= 0.3 is 0 Å². The Bertz CT molecular complexity index is 911. The summed E-state index contributed by atoms with van der Waals surface area (Å²) in [6.45, 7) is 2.84. The summed E-state index contributed by atoms with van der Waals surface area (Å²) in [4.78, 5) is 31.3. The summed E-state index contributed by atoms with van der Waals surface area (Å²) in [7, 11) is 0. The molecule has 1 aromatic carbocycles. The fourth-order valence-electron chi connectivity index (χ4n) is 3.46.